The Morgan fingerprint density at radius 1 is 1.13 bits per heavy atom. The topological polar surface area (TPSA) is 17.1 Å². The monoisotopic (exact) mass is 282 g/mol. The maximum absolute atomic E-state index is 10.6. The normalized spacial score (nSPS) is 12.7. The molecule has 2 aromatic carbocycles. The van der Waals surface area contributed by atoms with E-state index in [2.05, 4.69) is 15.9 Å². The van der Waals surface area contributed by atoms with Crippen molar-refractivity contribution in [1.82, 2.24) is 0 Å². The fourth-order valence-electron chi connectivity index (χ4n) is 1.49. The van der Waals surface area contributed by atoms with Crippen LogP contribution in [-0.4, -0.2) is 6.29 Å². The lowest BCUT2D eigenvalue weighted by molar-refractivity contribution is -0.107. The zero-order valence-corrected chi connectivity index (χ0v) is 10.1. The molecule has 0 N–H and O–H groups in total. The van der Waals surface area contributed by atoms with Crippen molar-refractivity contribution in [2.45, 2.75) is 5.38 Å². The summed E-state index contributed by atoms with van der Waals surface area (Å²) in [4.78, 5) is 10.6. The van der Waals surface area contributed by atoms with E-state index in [1.807, 2.05) is 36.4 Å². The van der Waals surface area contributed by atoms with E-state index in [0.717, 1.165) is 27.1 Å². The SMILES string of the molecule is O=CC(Cl)c1ccc2cc(Br)ccc2c1. The molecule has 2 rings (SSSR count). The molecule has 1 unspecified atom stereocenters. The van der Waals surface area contributed by atoms with Gasteiger partial charge in [0.25, 0.3) is 0 Å². The second-order valence-electron chi connectivity index (χ2n) is 3.29. The number of alkyl halides is 1. The first kappa shape index (κ1) is 10.7. The number of hydrogen-bond acceptors (Lipinski definition) is 1. The fraction of sp³-hybridized carbons (Fsp3) is 0.0833. The van der Waals surface area contributed by atoms with Crippen LogP contribution in [0, 0.1) is 0 Å². The third kappa shape index (κ3) is 2.21. The number of rotatable bonds is 2. The third-order valence-electron chi connectivity index (χ3n) is 2.26. The second kappa shape index (κ2) is 4.33. The van der Waals surface area contributed by atoms with E-state index in [1.54, 1.807) is 0 Å². The Labute approximate surface area is 101 Å². The van der Waals surface area contributed by atoms with Gasteiger partial charge in [-0.2, -0.15) is 0 Å². The fourth-order valence-corrected chi connectivity index (χ4v) is 2.00. The van der Waals surface area contributed by atoms with Gasteiger partial charge >= 0.3 is 0 Å². The molecule has 0 aromatic heterocycles. The number of benzene rings is 2. The van der Waals surface area contributed by atoms with Crippen LogP contribution in [0.1, 0.15) is 10.9 Å². The average Bonchev–Trinajstić information content (AvgIpc) is 2.27. The van der Waals surface area contributed by atoms with Gasteiger partial charge in [-0.15, -0.1) is 11.6 Å². The first-order valence-electron chi connectivity index (χ1n) is 4.49. The van der Waals surface area contributed by atoms with Crippen molar-refractivity contribution in [2.24, 2.45) is 0 Å². The van der Waals surface area contributed by atoms with Crippen LogP contribution < -0.4 is 0 Å². The minimum atomic E-state index is -0.557. The summed E-state index contributed by atoms with van der Waals surface area (Å²) in [5.41, 5.74) is 0.835. The van der Waals surface area contributed by atoms with Gasteiger partial charge in [-0.3, -0.25) is 0 Å². The van der Waals surface area contributed by atoms with Crippen LogP contribution in [0.25, 0.3) is 10.8 Å². The summed E-state index contributed by atoms with van der Waals surface area (Å²) >= 11 is 9.26. The van der Waals surface area contributed by atoms with E-state index < -0.39 is 5.38 Å². The van der Waals surface area contributed by atoms with E-state index in [1.165, 1.54) is 0 Å². The Bertz CT molecular complexity index is 510. The summed E-state index contributed by atoms with van der Waals surface area (Å²) in [7, 11) is 0. The van der Waals surface area contributed by atoms with Crippen LogP contribution in [0.3, 0.4) is 0 Å². The Hall–Kier alpha value is -0.860. The van der Waals surface area contributed by atoms with E-state index in [4.69, 9.17) is 11.6 Å². The largest absolute Gasteiger partial charge is 0.301 e. The van der Waals surface area contributed by atoms with E-state index in [9.17, 15) is 4.79 Å². The molecule has 3 heteroatoms. The van der Waals surface area contributed by atoms with Crippen molar-refractivity contribution in [1.29, 1.82) is 0 Å². The molecule has 0 saturated carbocycles. The number of carbonyl (C=O) groups is 1. The Morgan fingerprint density at radius 3 is 2.53 bits per heavy atom. The molecule has 2 aromatic rings. The average molecular weight is 284 g/mol. The van der Waals surface area contributed by atoms with Gasteiger partial charge < -0.3 is 4.79 Å². The molecule has 0 saturated heterocycles. The highest BCUT2D eigenvalue weighted by Crippen LogP contribution is 2.25. The summed E-state index contributed by atoms with van der Waals surface area (Å²) in [5, 5.41) is 1.66. The smallest absolute Gasteiger partial charge is 0.142 e. The van der Waals surface area contributed by atoms with Crippen LogP contribution in [0.4, 0.5) is 0 Å². The van der Waals surface area contributed by atoms with Crippen molar-refractivity contribution >= 4 is 44.6 Å². The van der Waals surface area contributed by atoms with Crippen molar-refractivity contribution < 1.29 is 4.79 Å². The Balaban J connectivity index is 2.56. The van der Waals surface area contributed by atoms with Gasteiger partial charge in [-0.05, 0) is 34.5 Å². The van der Waals surface area contributed by atoms with Gasteiger partial charge in [-0.25, -0.2) is 0 Å². The molecule has 15 heavy (non-hydrogen) atoms. The number of halogens is 2. The summed E-state index contributed by atoms with van der Waals surface area (Å²) < 4.78 is 1.04. The standard InChI is InChI=1S/C12H8BrClO/c13-11-4-3-8-5-10(12(14)7-15)2-1-9(8)6-11/h1-7,12H. The zero-order valence-electron chi connectivity index (χ0n) is 7.78. The van der Waals surface area contributed by atoms with Crippen LogP contribution in [0.15, 0.2) is 40.9 Å². The first-order chi connectivity index (χ1) is 7.20. The molecule has 0 aliphatic carbocycles. The lowest BCUT2D eigenvalue weighted by Gasteiger charge is -2.04. The van der Waals surface area contributed by atoms with Crippen molar-refractivity contribution in [2.75, 3.05) is 0 Å². The van der Waals surface area contributed by atoms with Crippen molar-refractivity contribution in [3.05, 3.63) is 46.4 Å². The molecule has 1 nitrogen and oxygen atoms in total. The predicted molar refractivity (Wildman–Crippen MR) is 66.3 cm³/mol. The quantitative estimate of drug-likeness (QED) is 0.599. The third-order valence-corrected chi connectivity index (χ3v) is 3.11. The summed E-state index contributed by atoms with van der Waals surface area (Å²) in [6, 6.07) is 11.8. The van der Waals surface area contributed by atoms with Crippen molar-refractivity contribution in [3.63, 3.8) is 0 Å². The molecule has 0 fully saturated rings. The molecule has 1 atom stereocenters. The van der Waals surface area contributed by atoms with Gasteiger partial charge in [0.05, 0.1) is 0 Å². The van der Waals surface area contributed by atoms with Gasteiger partial charge in [0.1, 0.15) is 11.7 Å². The maximum Gasteiger partial charge on any atom is 0.142 e. The lowest BCUT2D eigenvalue weighted by Crippen LogP contribution is -1.90. The molecule has 0 bridgehead atoms. The van der Waals surface area contributed by atoms with Crippen LogP contribution in [0.2, 0.25) is 0 Å². The van der Waals surface area contributed by atoms with Gasteiger partial charge in [0, 0.05) is 4.47 Å². The minimum Gasteiger partial charge on any atom is -0.301 e. The van der Waals surface area contributed by atoms with Gasteiger partial charge in [-0.1, -0.05) is 34.1 Å². The molecule has 0 aliphatic heterocycles. The Morgan fingerprint density at radius 2 is 1.80 bits per heavy atom. The molecule has 0 amide bonds. The molecular formula is C12H8BrClO. The maximum atomic E-state index is 10.6. The molecule has 0 aliphatic rings. The number of aldehydes is 1. The van der Waals surface area contributed by atoms with Crippen molar-refractivity contribution in [3.8, 4) is 0 Å². The highest BCUT2D eigenvalue weighted by atomic mass is 79.9. The number of carbonyl (C=O) groups excluding carboxylic acids is 1. The summed E-state index contributed by atoms with van der Waals surface area (Å²) in [6.07, 6.45) is 0.738. The molecule has 76 valence electrons. The Kier molecular flexibility index (Phi) is 3.08. The van der Waals surface area contributed by atoms with E-state index in [0.29, 0.717) is 0 Å². The van der Waals surface area contributed by atoms with Gasteiger partial charge in [0.2, 0.25) is 0 Å². The zero-order chi connectivity index (χ0) is 10.8. The highest BCUT2D eigenvalue weighted by molar-refractivity contribution is 9.10. The summed E-state index contributed by atoms with van der Waals surface area (Å²) in [5.74, 6) is 0. The summed E-state index contributed by atoms with van der Waals surface area (Å²) in [6.45, 7) is 0. The van der Waals surface area contributed by atoms with Crippen LogP contribution in [0.5, 0.6) is 0 Å². The number of hydrogen-bond donors (Lipinski definition) is 0. The van der Waals surface area contributed by atoms with Crippen LogP contribution >= 0.6 is 27.5 Å². The van der Waals surface area contributed by atoms with E-state index >= 15 is 0 Å². The van der Waals surface area contributed by atoms with E-state index in [-0.39, 0.29) is 0 Å². The van der Waals surface area contributed by atoms with Crippen LogP contribution in [-0.2, 0) is 4.79 Å². The first-order valence-corrected chi connectivity index (χ1v) is 5.72. The van der Waals surface area contributed by atoms with Gasteiger partial charge in [0.15, 0.2) is 0 Å². The molecule has 0 radical (unpaired) electrons. The lowest BCUT2D eigenvalue weighted by atomic mass is 10.1. The molecule has 0 spiro atoms. The predicted octanol–water partition coefficient (Wildman–Crippen LogP) is 4.08. The second-order valence-corrected chi connectivity index (χ2v) is 4.67. The molecule has 0 heterocycles. The highest BCUT2D eigenvalue weighted by Gasteiger charge is 2.06. The molecular weight excluding hydrogens is 275 g/mol. The minimum absolute atomic E-state index is 0.557. The number of fused-ring (bicyclic) bond motifs is 1.